The second-order valence-electron chi connectivity index (χ2n) is 4.27. The monoisotopic (exact) mass is 300 g/mol. The Hall–Kier alpha value is -1.44. The van der Waals surface area contributed by atoms with Gasteiger partial charge in [0.1, 0.15) is 0 Å². The van der Waals surface area contributed by atoms with Gasteiger partial charge in [-0.1, -0.05) is 12.1 Å². The molecule has 1 aromatic rings. The third-order valence-electron chi connectivity index (χ3n) is 2.60. The molecule has 0 spiro atoms. The summed E-state index contributed by atoms with van der Waals surface area (Å²) < 4.78 is 28.1. The van der Waals surface area contributed by atoms with Crippen LogP contribution in [-0.4, -0.2) is 53.9 Å². The number of benzene rings is 1. The van der Waals surface area contributed by atoms with Crippen LogP contribution in [0.4, 0.5) is 0 Å². The summed E-state index contributed by atoms with van der Waals surface area (Å²) >= 11 is 0. The summed E-state index contributed by atoms with van der Waals surface area (Å²) in [6.45, 7) is 2.31. The lowest BCUT2D eigenvalue weighted by Crippen LogP contribution is -2.33. The SMILES string of the molecule is COCCNCCNC(=O)c1ccccc1S(C)(=O)=O. The van der Waals surface area contributed by atoms with E-state index in [4.69, 9.17) is 4.74 Å². The van der Waals surface area contributed by atoms with Gasteiger partial charge in [-0.05, 0) is 12.1 Å². The lowest BCUT2D eigenvalue weighted by Gasteiger charge is -2.09. The molecule has 0 fully saturated rings. The molecule has 20 heavy (non-hydrogen) atoms. The smallest absolute Gasteiger partial charge is 0.252 e. The highest BCUT2D eigenvalue weighted by atomic mass is 32.2. The fraction of sp³-hybridized carbons (Fsp3) is 0.462. The van der Waals surface area contributed by atoms with Crippen molar-refractivity contribution >= 4 is 15.7 Å². The summed E-state index contributed by atoms with van der Waals surface area (Å²) in [5, 5.41) is 5.76. The fourth-order valence-electron chi connectivity index (χ4n) is 1.64. The Balaban J connectivity index is 2.56. The van der Waals surface area contributed by atoms with Crippen molar-refractivity contribution in [2.45, 2.75) is 4.90 Å². The first-order valence-corrected chi connectivity index (χ1v) is 8.13. The van der Waals surface area contributed by atoms with E-state index in [0.717, 1.165) is 6.26 Å². The van der Waals surface area contributed by atoms with E-state index >= 15 is 0 Å². The molecule has 0 unspecified atom stereocenters. The maximum Gasteiger partial charge on any atom is 0.252 e. The Morgan fingerprint density at radius 1 is 1.20 bits per heavy atom. The molecule has 0 saturated carbocycles. The third kappa shape index (κ3) is 5.28. The number of nitrogens with one attached hydrogen (secondary N) is 2. The zero-order valence-corrected chi connectivity index (χ0v) is 12.5. The lowest BCUT2D eigenvalue weighted by atomic mass is 10.2. The molecule has 0 aliphatic carbocycles. The first-order valence-electron chi connectivity index (χ1n) is 6.23. The Kier molecular flexibility index (Phi) is 6.63. The van der Waals surface area contributed by atoms with E-state index in [9.17, 15) is 13.2 Å². The van der Waals surface area contributed by atoms with Crippen LogP contribution in [0.15, 0.2) is 29.2 Å². The average Bonchev–Trinajstić information content (AvgIpc) is 2.41. The van der Waals surface area contributed by atoms with Crippen molar-refractivity contribution in [1.82, 2.24) is 10.6 Å². The molecule has 112 valence electrons. The van der Waals surface area contributed by atoms with Gasteiger partial charge < -0.3 is 15.4 Å². The van der Waals surface area contributed by atoms with Gasteiger partial charge in [0.05, 0.1) is 17.1 Å². The molecule has 6 nitrogen and oxygen atoms in total. The van der Waals surface area contributed by atoms with Crippen LogP contribution in [0.2, 0.25) is 0 Å². The van der Waals surface area contributed by atoms with Gasteiger partial charge >= 0.3 is 0 Å². The molecule has 0 heterocycles. The zero-order valence-electron chi connectivity index (χ0n) is 11.7. The quantitative estimate of drug-likeness (QED) is 0.663. The fourth-order valence-corrected chi connectivity index (χ4v) is 2.52. The van der Waals surface area contributed by atoms with Crippen molar-refractivity contribution in [3.8, 4) is 0 Å². The van der Waals surface area contributed by atoms with E-state index in [1.165, 1.54) is 12.1 Å². The third-order valence-corrected chi connectivity index (χ3v) is 3.76. The normalized spacial score (nSPS) is 11.3. The summed E-state index contributed by atoms with van der Waals surface area (Å²) in [6.07, 6.45) is 1.09. The molecule has 0 saturated heterocycles. The van der Waals surface area contributed by atoms with Gasteiger partial charge in [-0.3, -0.25) is 4.79 Å². The minimum absolute atomic E-state index is 0.0462. The molecule has 1 aromatic carbocycles. The first kappa shape index (κ1) is 16.6. The number of sulfone groups is 1. The van der Waals surface area contributed by atoms with E-state index in [1.54, 1.807) is 19.2 Å². The standard InChI is InChI=1S/C13H20N2O4S/c1-19-10-9-14-7-8-15-13(16)11-5-3-4-6-12(11)20(2,17)18/h3-6,14H,7-10H2,1-2H3,(H,15,16). The molecule has 1 amide bonds. The van der Waals surface area contributed by atoms with Crippen LogP contribution in [0.25, 0.3) is 0 Å². The number of rotatable bonds is 8. The average molecular weight is 300 g/mol. The van der Waals surface area contributed by atoms with Crippen LogP contribution in [-0.2, 0) is 14.6 Å². The predicted octanol–water partition coefficient (Wildman–Crippen LogP) is 0.0559. The van der Waals surface area contributed by atoms with Crippen molar-refractivity contribution in [2.24, 2.45) is 0 Å². The summed E-state index contributed by atoms with van der Waals surface area (Å²) in [6, 6.07) is 6.17. The van der Waals surface area contributed by atoms with E-state index in [1.807, 2.05) is 0 Å². The molecular formula is C13H20N2O4S. The van der Waals surface area contributed by atoms with Gasteiger partial charge in [-0.25, -0.2) is 8.42 Å². The van der Waals surface area contributed by atoms with E-state index < -0.39 is 9.84 Å². The summed E-state index contributed by atoms with van der Waals surface area (Å²) in [5.74, 6) is -0.389. The predicted molar refractivity (Wildman–Crippen MR) is 76.6 cm³/mol. The zero-order chi connectivity index (χ0) is 15.0. The lowest BCUT2D eigenvalue weighted by molar-refractivity contribution is 0.0950. The Morgan fingerprint density at radius 2 is 1.90 bits per heavy atom. The van der Waals surface area contributed by atoms with Crippen molar-refractivity contribution in [1.29, 1.82) is 0 Å². The van der Waals surface area contributed by atoms with Gasteiger partial charge in [0.25, 0.3) is 5.91 Å². The molecule has 0 atom stereocenters. The number of amides is 1. The maximum atomic E-state index is 12.0. The number of hydrogen-bond acceptors (Lipinski definition) is 5. The van der Waals surface area contributed by atoms with Crippen LogP contribution >= 0.6 is 0 Å². The van der Waals surface area contributed by atoms with Crippen molar-refractivity contribution in [3.63, 3.8) is 0 Å². The molecular weight excluding hydrogens is 280 g/mol. The van der Waals surface area contributed by atoms with Crippen molar-refractivity contribution in [2.75, 3.05) is 39.6 Å². The van der Waals surface area contributed by atoms with Crippen molar-refractivity contribution in [3.05, 3.63) is 29.8 Å². The largest absolute Gasteiger partial charge is 0.383 e. The Labute approximate surface area is 119 Å². The molecule has 1 rings (SSSR count). The molecule has 7 heteroatoms. The number of hydrogen-bond donors (Lipinski definition) is 2. The summed E-state index contributed by atoms with van der Waals surface area (Å²) in [4.78, 5) is 12.0. The Bertz CT molecular complexity index is 543. The molecule has 2 N–H and O–H groups in total. The van der Waals surface area contributed by atoms with Gasteiger partial charge in [0.15, 0.2) is 9.84 Å². The Morgan fingerprint density at radius 3 is 2.55 bits per heavy atom. The highest BCUT2D eigenvalue weighted by Crippen LogP contribution is 2.14. The van der Waals surface area contributed by atoms with Gasteiger partial charge in [-0.15, -0.1) is 0 Å². The van der Waals surface area contributed by atoms with Crippen molar-refractivity contribution < 1.29 is 17.9 Å². The van der Waals surface area contributed by atoms with Crippen LogP contribution in [0.5, 0.6) is 0 Å². The van der Waals surface area contributed by atoms with E-state index in [2.05, 4.69) is 10.6 Å². The van der Waals surface area contributed by atoms with Crippen LogP contribution in [0.1, 0.15) is 10.4 Å². The second-order valence-corrected chi connectivity index (χ2v) is 6.25. The topological polar surface area (TPSA) is 84.5 Å². The second kappa shape index (κ2) is 7.98. The van der Waals surface area contributed by atoms with Gasteiger partial charge in [0, 0.05) is 33.0 Å². The summed E-state index contributed by atoms with van der Waals surface area (Å²) in [7, 11) is -1.80. The summed E-state index contributed by atoms with van der Waals surface area (Å²) in [5.41, 5.74) is 0.173. The van der Waals surface area contributed by atoms with E-state index in [-0.39, 0.29) is 16.4 Å². The van der Waals surface area contributed by atoms with Crippen LogP contribution < -0.4 is 10.6 Å². The number of carbonyl (C=O) groups is 1. The highest BCUT2D eigenvalue weighted by molar-refractivity contribution is 7.90. The number of methoxy groups -OCH3 is 1. The molecule has 0 aliphatic heterocycles. The number of ether oxygens (including phenoxy) is 1. The molecule has 0 bridgehead atoms. The van der Waals surface area contributed by atoms with E-state index in [0.29, 0.717) is 26.2 Å². The highest BCUT2D eigenvalue weighted by Gasteiger charge is 2.17. The van der Waals surface area contributed by atoms with Gasteiger partial charge in [0.2, 0.25) is 0 Å². The molecule has 0 radical (unpaired) electrons. The maximum absolute atomic E-state index is 12.0. The minimum Gasteiger partial charge on any atom is -0.383 e. The van der Waals surface area contributed by atoms with Gasteiger partial charge in [-0.2, -0.15) is 0 Å². The minimum atomic E-state index is -3.41. The van der Waals surface area contributed by atoms with Crippen LogP contribution in [0, 0.1) is 0 Å². The first-order chi connectivity index (χ1) is 9.46. The molecule has 0 aromatic heterocycles. The molecule has 0 aliphatic rings. The van der Waals surface area contributed by atoms with Crippen LogP contribution in [0.3, 0.4) is 0 Å². The number of carbonyl (C=O) groups excluding carboxylic acids is 1.